The van der Waals surface area contributed by atoms with Crippen LogP contribution < -0.4 is 10.6 Å². The summed E-state index contributed by atoms with van der Waals surface area (Å²) in [6, 6.07) is 10.5. The average molecular weight is 527 g/mol. The van der Waals surface area contributed by atoms with Gasteiger partial charge >= 0.3 is 5.97 Å². The molecular weight excluding hydrogens is 496 g/mol. The Kier molecular flexibility index (Phi) is 7.90. The van der Waals surface area contributed by atoms with Crippen LogP contribution in [0, 0.1) is 11.3 Å². The first-order valence-electron chi connectivity index (χ1n) is 11.8. The zero-order valence-electron chi connectivity index (χ0n) is 20.8. The lowest BCUT2D eigenvalue weighted by Gasteiger charge is -2.33. The number of hydrogen-bond donors (Lipinski definition) is 2. The van der Waals surface area contributed by atoms with Gasteiger partial charge in [0.2, 0.25) is 5.91 Å². The molecule has 2 N–H and O–H groups in total. The first kappa shape index (κ1) is 26.0. The lowest BCUT2D eigenvalue weighted by molar-refractivity contribution is -0.113. The second-order valence-corrected chi connectivity index (χ2v) is 12.0. The number of benzene rings is 1. The van der Waals surface area contributed by atoms with Crippen LogP contribution in [-0.2, 0) is 22.4 Å². The summed E-state index contributed by atoms with van der Waals surface area (Å²) >= 11 is 2.83. The van der Waals surface area contributed by atoms with Crippen LogP contribution in [-0.4, -0.2) is 30.6 Å². The summed E-state index contributed by atoms with van der Waals surface area (Å²) in [6.07, 6.45) is 4.15. The van der Waals surface area contributed by atoms with Gasteiger partial charge < -0.3 is 19.8 Å². The van der Waals surface area contributed by atoms with Crippen molar-refractivity contribution in [2.24, 2.45) is 11.3 Å². The lowest BCUT2D eigenvalue weighted by Crippen LogP contribution is -2.26. The molecule has 2 heterocycles. The summed E-state index contributed by atoms with van der Waals surface area (Å²) in [5.74, 6) is -0.0601. The van der Waals surface area contributed by atoms with Crippen molar-refractivity contribution >= 4 is 51.6 Å². The highest BCUT2D eigenvalue weighted by atomic mass is 32.2. The van der Waals surface area contributed by atoms with Crippen LogP contribution in [0.3, 0.4) is 0 Å². The molecule has 1 atom stereocenters. The maximum Gasteiger partial charge on any atom is 0.341 e. The van der Waals surface area contributed by atoms with Gasteiger partial charge in [0, 0.05) is 15.5 Å². The van der Waals surface area contributed by atoms with Crippen LogP contribution in [0.2, 0.25) is 0 Å². The summed E-state index contributed by atoms with van der Waals surface area (Å²) in [7, 11) is 1.37. The van der Waals surface area contributed by atoms with E-state index >= 15 is 0 Å². The van der Waals surface area contributed by atoms with E-state index in [-0.39, 0.29) is 28.7 Å². The van der Waals surface area contributed by atoms with E-state index in [1.54, 1.807) is 24.3 Å². The molecule has 1 aromatic carbocycles. The molecule has 1 aliphatic carbocycles. The molecule has 0 saturated carbocycles. The maximum atomic E-state index is 12.8. The predicted octanol–water partition coefficient (Wildman–Crippen LogP) is 6.26. The highest BCUT2D eigenvalue weighted by Crippen LogP contribution is 2.44. The zero-order valence-corrected chi connectivity index (χ0v) is 22.4. The molecule has 0 bridgehead atoms. The van der Waals surface area contributed by atoms with Crippen molar-refractivity contribution in [2.45, 2.75) is 44.9 Å². The number of fused-ring (bicyclic) bond motifs is 1. The SMILES string of the molecule is COC(=O)c1c(NC(=O)CSc2cccc(NC(=O)c3ccco3)c2)sc2c1CCC(C(C)(C)C)C2. The molecule has 9 heteroatoms. The van der Waals surface area contributed by atoms with E-state index in [2.05, 4.69) is 31.4 Å². The number of thioether (sulfide) groups is 1. The van der Waals surface area contributed by atoms with Crippen molar-refractivity contribution in [3.63, 3.8) is 0 Å². The van der Waals surface area contributed by atoms with E-state index in [9.17, 15) is 14.4 Å². The molecule has 1 unspecified atom stereocenters. The highest BCUT2D eigenvalue weighted by molar-refractivity contribution is 8.00. The highest BCUT2D eigenvalue weighted by Gasteiger charge is 2.34. The summed E-state index contributed by atoms with van der Waals surface area (Å²) in [4.78, 5) is 39.6. The molecule has 0 aliphatic heterocycles. The molecule has 0 spiro atoms. The van der Waals surface area contributed by atoms with E-state index in [4.69, 9.17) is 9.15 Å². The van der Waals surface area contributed by atoms with Gasteiger partial charge in [-0.1, -0.05) is 26.8 Å². The van der Waals surface area contributed by atoms with Crippen molar-refractivity contribution in [3.05, 3.63) is 64.4 Å². The number of rotatable bonds is 7. The van der Waals surface area contributed by atoms with Gasteiger partial charge in [-0.05, 0) is 66.5 Å². The second-order valence-electron chi connectivity index (χ2n) is 9.80. The van der Waals surface area contributed by atoms with Gasteiger partial charge in [-0.15, -0.1) is 23.1 Å². The minimum absolute atomic E-state index is 0.156. The Labute approximate surface area is 219 Å². The van der Waals surface area contributed by atoms with Crippen LogP contribution in [0.15, 0.2) is 52.0 Å². The second kappa shape index (κ2) is 10.9. The van der Waals surface area contributed by atoms with Crippen LogP contribution in [0.1, 0.15) is 58.5 Å². The Balaban J connectivity index is 1.42. The van der Waals surface area contributed by atoms with Gasteiger partial charge in [-0.3, -0.25) is 9.59 Å². The van der Waals surface area contributed by atoms with Crippen molar-refractivity contribution in [2.75, 3.05) is 23.5 Å². The quantitative estimate of drug-likeness (QED) is 0.278. The summed E-state index contributed by atoms with van der Waals surface area (Å²) < 4.78 is 10.2. The number of nitrogens with one attached hydrogen (secondary N) is 2. The largest absolute Gasteiger partial charge is 0.465 e. The number of ether oxygens (including phenoxy) is 1. The first-order valence-corrected chi connectivity index (χ1v) is 13.6. The van der Waals surface area contributed by atoms with Gasteiger partial charge in [0.15, 0.2) is 5.76 Å². The third-order valence-corrected chi connectivity index (χ3v) is 8.50. The molecule has 0 fully saturated rings. The minimum Gasteiger partial charge on any atom is -0.465 e. The number of furan rings is 1. The number of amides is 2. The van der Waals surface area contributed by atoms with Crippen molar-refractivity contribution in [1.82, 2.24) is 0 Å². The third-order valence-electron chi connectivity index (χ3n) is 6.34. The molecular formula is C27H30N2O5S2. The van der Waals surface area contributed by atoms with E-state index in [1.807, 2.05) is 12.1 Å². The smallest absolute Gasteiger partial charge is 0.341 e. The Morgan fingerprint density at radius 1 is 1.17 bits per heavy atom. The first-order chi connectivity index (χ1) is 17.2. The monoisotopic (exact) mass is 526 g/mol. The molecule has 1 aliphatic rings. The number of carbonyl (C=O) groups is 3. The van der Waals surface area contributed by atoms with E-state index in [0.29, 0.717) is 22.2 Å². The van der Waals surface area contributed by atoms with Gasteiger partial charge in [-0.2, -0.15) is 0 Å². The number of anilines is 2. The van der Waals surface area contributed by atoms with Gasteiger partial charge in [0.1, 0.15) is 5.00 Å². The fraction of sp³-hybridized carbons (Fsp3) is 0.370. The summed E-state index contributed by atoms with van der Waals surface area (Å²) in [5.41, 5.74) is 2.29. The normalized spacial score (nSPS) is 15.2. The zero-order chi connectivity index (χ0) is 25.9. The molecule has 2 aromatic heterocycles. The Hall–Kier alpha value is -3.04. The van der Waals surface area contributed by atoms with Crippen LogP contribution in [0.25, 0.3) is 0 Å². The minimum atomic E-state index is -0.412. The fourth-order valence-corrected chi connectivity index (χ4v) is 6.39. The predicted molar refractivity (Wildman–Crippen MR) is 143 cm³/mol. The molecule has 0 radical (unpaired) electrons. The summed E-state index contributed by atoms with van der Waals surface area (Å²) in [5, 5.41) is 6.29. The van der Waals surface area contributed by atoms with Crippen LogP contribution in [0.4, 0.5) is 10.7 Å². The topological polar surface area (TPSA) is 97.6 Å². The lowest BCUT2D eigenvalue weighted by atomic mass is 9.72. The Morgan fingerprint density at radius 2 is 1.97 bits per heavy atom. The van der Waals surface area contributed by atoms with Crippen molar-refractivity contribution < 1.29 is 23.5 Å². The average Bonchev–Trinajstić information content (AvgIpc) is 3.50. The van der Waals surface area contributed by atoms with E-state index in [0.717, 1.165) is 34.6 Å². The molecule has 3 aromatic rings. The van der Waals surface area contributed by atoms with Gasteiger partial charge in [0.25, 0.3) is 5.91 Å². The van der Waals surface area contributed by atoms with Gasteiger partial charge in [-0.25, -0.2) is 4.79 Å². The molecule has 0 saturated heterocycles. The molecule has 4 rings (SSSR count). The standard InChI is InChI=1S/C27H30N2O5S2/c1-27(2,3)16-10-11-19-21(13-16)36-25(23(19)26(32)33-4)29-22(30)15-35-18-8-5-7-17(14-18)28-24(31)20-9-6-12-34-20/h5-9,12,14,16H,10-11,13,15H2,1-4H3,(H,28,31)(H,29,30). The van der Waals surface area contributed by atoms with Crippen LogP contribution in [0.5, 0.6) is 0 Å². The Morgan fingerprint density at radius 3 is 2.67 bits per heavy atom. The molecule has 2 amide bonds. The summed E-state index contributed by atoms with van der Waals surface area (Å²) in [6.45, 7) is 6.73. The van der Waals surface area contributed by atoms with Gasteiger partial charge in [0.05, 0.1) is 24.7 Å². The maximum absolute atomic E-state index is 12.8. The molecule has 7 nitrogen and oxygen atoms in total. The number of methoxy groups -OCH3 is 1. The number of thiophene rings is 1. The molecule has 190 valence electrons. The van der Waals surface area contributed by atoms with Crippen LogP contribution >= 0.6 is 23.1 Å². The van der Waals surface area contributed by atoms with E-state index in [1.165, 1.54) is 36.5 Å². The third kappa shape index (κ3) is 6.02. The number of esters is 1. The van der Waals surface area contributed by atoms with Crippen molar-refractivity contribution in [1.29, 1.82) is 0 Å². The molecule has 36 heavy (non-hydrogen) atoms. The number of hydrogen-bond acceptors (Lipinski definition) is 7. The van der Waals surface area contributed by atoms with Crippen molar-refractivity contribution in [3.8, 4) is 0 Å². The van der Waals surface area contributed by atoms with E-state index < -0.39 is 5.97 Å². The fourth-order valence-electron chi connectivity index (χ4n) is 4.31. The number of carbonyl (C=O) groups excluding carboxylic acids is 3. The Bertz CT molecular complexity index is 1260.